The number of nitrogens with zero attached hydrogens (tertiary/aromatic N) is 1. The number of rotatable bonds is 4. The van der Waals surface area contributed by atoms with Gasteiger partial charge >= 0.3 is 0 Å². The Morgan fingerprint density at radius 2 is 1.83 bits per heavy atom. The maximum absolute atomic E-state index is 12.9. The summed E-state index contributed by atoms with van der Waals surface area (Å²) in [4.78, 5) is 17.5. The molecule has 1 N–H and O–H groups in total. The second-order valence-corrected chi connectivity index (χ2v) is 8.70. The van der Waals surface area contributed by atoms with Crippen LogP contribution in [0, 0.1) is 13.8 Å². The van der Waals surface area contributed by atoms with E-state index in [0.717, 1.165) is 32.3 Å². The number of carbonyl (C=O) groups excluding carboxylic acids is 1. The normalized spacial score (nSPS) is 11.0. The van der Waals surface area contributed by atoms with Gasteiger partial charge in [-0.15, -0.1) is 0 Å². The monoisotopic (exact) mass is 528 g/mol. The molecule has 30 heavy (non-hydrogen) atoms. The highest BCUT2D eigenvalue weighted by Gasteiger charge is 2.17. The van der Waals surface area contributed by atoms with Gasteiger partial charge < -0.3 is 14.5 Å². The van der Waals surface area contributed by atoms with Crippen LogP contribution >= 0.6 is 31.9 Å². The summed E-state index contributed by atoms with van der Waals surface area (Å²) in [7, 11) is 1.53. The molecule has 4 aromatic rings. The molecule has 1 amide bonds. The second-order valence-electron chi connectivity index (χ2n) is 6.93. The minimum Gasteiger partial charge on any atom is -0.495 e. The predicted molar refractivity (Wildman–Crippen MR) is 125 cm³/mol. The average Bonchev–Trinajstić information content (AvgIpc) is 3.10. The lowest BCUT2D eigenvalue weighted by atomic mass is 10.1. The average molecular weight is 530 g/mol. The third-order valence-corrected chi connectivity index (χ3v) is 5.88. The van der Waals surface area contributed by atoms with E-state index in [1.54, 1.807) is 6.07 Å². The predicted octanol–water partition coefficient (Wildman–Crippen LogP) is 6.90. The second kappa shape index (κ2) is 8.24. The summed E-state index contributed by atoms with van der Waals surface area (Å²) in [6.45, 7) is 4.09. The van der Waals surface area contributed by atoms with Crippen molar-refractivity contribution in [3.63, 3.8) is 0 Å². The number of hydrogen-bond acceptors (Lipinski definition) is 4. The number of methoxy groups -OCH3 is 1. The Bertz CT molecular complexity index is 1240. The fourth-order valence-corrected chi connectivity index (χ4v) is 4.56. The third-order valence-electron chi connectivity index (χ3n) is 4.83. The number of ether oxygens (including phenoxy) is 1. The standard InChI is InChI=1S/C23H18Br2N2O3/c1-12-7-19-20(8-13(12)2)30-23(27-19)14-5-4-6-16(9-14)26-22(28)17-10-15(24)11-18(25)21(17)29-3/h4-11H,1-3H3,(H,26,28). The van der Waals surface area contributed by atoms with Crippen LogP contribution in [0.4, 0.5) is 5.69 Å². The van der Waals surface area contributed by atoms with E-state index in [1.807, 2.05) is 56.3 Å². The Morgan fingerprint density at radius 1 is 1.07 bits per heavy atom. The first-order chi connectivity index (χ1) is 14.4. The van der Waals surface area contributed by atoms with Gasteiger partial charge in [0.15, 0.2) is 5.58 Å². The Hall–Kier alpha value is -2.64. The number of anilines is 1. The smallest absolute Gasteiger partial charge is 0.259 e. The quantitative estimate of drug-likeness (QED) is 0.312. The number of oxazole rings is 1. The van der Waals surface area contributed by atoms with Crippen LogP contribution in [-0.4, -0.2) is 18.0 Å². The molecule has 152 valence electrons. The number of nitrogens with one attached hydrogen (secondary N) is 1. The fraction of sp³-hybridized carbons (Fsp3) is 0.130. The van der Waals surface area contributed by atoms with Gasteiger partial charge in [0.1, 0.15) is 11.3 Å². The van der Waals surface area contributed by atoms with E-state index in [0.29, 0.717) is 27.4 Å². The minimum absolute atomic E-state index is 0.283. The molecule has 7 heteroatoms. The topological polar surface area (TPSA) is 64.4 Å². The fourth-order valence-electron chi connectivity index (χ4n) is 3.17. The lowest BCUT2D eigenvalue weighted by Gasteiger charge is -2.12. The van der Waals surface area contributed by atoms with E-state index in [-0.39, 0.29) is 5.91 Å². The van der Waals surface area contributed by atoms with Crippen molar-refractivity contribution in [3.05, 3.63) is 74.2 Å². The molecule has 0 saturated carbocycles. The maximum Gasteiger partial charge on any atom is 0.259 e. The van der Waals surface area contributed by atoms with Crippen molar-refractivity contribution in [2.45, 2.75) is 13.8 Å². The molecule has 4 rings (SSSR count). The van der Waals surface area contributed by atoms with E-state index in [1.165, 1.54) is 7.11 Å². The zero-order valence-corrected chi connectivity index (χ0v) is 19.7. The number of halogens is 2. The number of aromatic nitrogens is 1. The van der Waals surface area contributed by atoms with E-state index >= 15 is 0 Å². The first-order valence-electron chi connectivity index (χ1n) is 9.18. The van der Waals surface area contributed by atoms with Gasteiger partial charge in [0, 0.05) is 15.7 Å². The highest BCUT2D eigenvalue weighted by Crippen LogP contribution is 2.33. The van der Waals surface area contributed by atoms with E-state index < -0.39 is 0 Å². The van der Waals surface area contributed by atoms with Crippen LogP contribution in [0.2, 0.25) is 0 Å². The number of benzene rings is 3. The van der Waals surface area contributed by atoms with Crippen LogP contribution in [-0.2, 0) is 0 Å². The van der Waals surface area contributed by atoms with Gasteiger partial charge in [-0.3, -0.25) is 4.79 Å². The van der Waals surface area contributed by atoms with Crippen molar-refractivity contribution in [1.82, 2.24) is 4.98 Å². The summed E-state index contributed by atoms with van der Waals surface area (Å²) in [5, 5.41) is 2.92. The van der Waals surface area contributed by atoms with Gasteiger partial charge in [0.05, 0.1) is 17.1 Å². The third kappa shape index (κ3) is 4.00. The van der Waals surface area contributed by atoms with E-state index in [4.69, 9.17) is 9.15 Å². The number of fused-ring (bicyclic) bond motifs is 1. The van der Waals surface area contributed by atoms with Gasteiger partial charge in [0.2, 0.25) is 5.89 Å². The molecule has 0 atom stereocenters. The Kier molecular flexibility index (Phi) is 5.66. The molecule has 0 aliphatic carbocycles. The maximum atomic E-state index is 12.9. The molecule has 0 radical (unpaired) electrons. The van der Waals surface area contributed by atoms with Crippen molar-refractivity contribution >= 4 is 54.6 Å². The number of aryl methyl sites for hydroxylation is 2. The van der Waals surface area contributed by atoms with Crippen molar-refractivity contribution in [2.24, 2.45) is 0 Å². The highest BCUT2D eigenvalue weighted by atomic mass is 79.9. The lowest BCUT2D eigenvalue weighted by molar-refractivity contribution is 0.102. The summed E-state index contributed by atoms with van der Waals surface area (Å²) >= 11 is 6.84. The molecule has 0 unspecified atom stereocenters. The molecule has 1 aromatic heterocycles. The minimum atomic E-state index is -0.283. The van der Waals surface area contributed by atoms with E-state index in [2.05, 4.69) is 42.2 Å². The van der Waals surface area contributed by atoms with Crippen molar-refractivity contribution in [1.29, 1.82) is 0 Å². The van der Waals surface area contributed by atoms with Crippen molar-refractivity contribution in [3.8, 4) is 17.2 Å². The lowest BCUT2D eigenvalue weighted by Crippen LogP contribution is -2.13. The molecule has 0 aliphatic rings. The Morgan fingerprint density at radius 3 is 2.60 bits per heavy atom. The number of amides is 1. The van der Waals surface area contributed by atoms with E-state index in [9.17, 15) is 4.79 Å². The molecule has 0 aliphatic heterocycles. The Labute approximate surface area is 190 Å². The van der Waals surface area contributed by atoms with Crippen LogP contribution in [0.25, 0.3) is 22.6 Å². The summed E-state index contributed by atoms with van der Waals surface area (Å²) < 4.78 is 12.8. The Balaban J connectivity index is 1.65. The van der Waals surface area contributed by atoms with Gasteiger partial charge in [-0.1, -0.05) is 22.0 Å². The molecule has 3 aromatic carbocycles. The van der Waals surface area contributed by atoms with Gasteiger partial charge in [-0.2, -0.15) is 0 Å². The van der Waals surface area contributed by atoms with Crippen LogP contribution in [0.3, 0.4) is 0 Å². The summed E-state index contributed by atoms with van der Waals surface area (Å²) in [6.07, 6.45) is 0. The molecule has 5 nitrogen and oxygen atoms in total. The molecule has 0 bridgehead atoms. The number of carbonyl (C=O) groups is 1. The van der Waals surface area contributed by atoms with Crippen LogP contribution < -0.4 is 10.1 Å². The van der Waals surface area contributed by atoms with Crippen LogP contribution in [0.1, 0.15) is 21.5 Å². The summed E-state index contributed by atoms with van der Waals surface area (Å²) in [5.74, 6) is 0.695. The summed E-state index contributed by atoms with van der Waals surface area (Å²) in [5.41, 5.74) is 5.69. The zero-order chi connectivity index (χ0) is 21.4. The number of hydrogen-bond donors (Lipinski definition) is 1. The molecule has 0 saturated heterocycles. The van der Waals surface area contributed by atoms with Crippen molar-refractivity contribution in [2.75, 3.05) is 12.4 Å². The first-order valence-corrected chi connectivity index (χ1v) is 10.8. The molecule has 0 spiro atoms. The van der Waals surface area contributed by atoms with Crippen LogP contribution in [0.5, 0.6) is 5.75 Å². The van der Waals surface area contributed by atoms with Crippen molar-refractivity contribution < 1.29 is 13.9 Å². The molecule has 1 heterocycles. The van der Waals surface area contributed by atoms with Gasteiger partial charge in [0.25, 0.3) is 5.91 Å². The summed E-state index contributed by atoms with van der Waals surface area (Å²) in [6, 6.07) is 15.0. The van der Waals surface area contributed by atoms with Crippen LogP contribution in [0.15, 0.2) is 61.9 Å². The van der Waals surface area contributed by atoms with Gasteiger partial charge in [-0.25, -0.2) is 4.98 Å². The molecular formula is C23H18Br2N2O3. The SMILES string of the molecule is COc1c(Br)cc(Br)cc1C(=O)Nc1cccc(-c2nc3cc(C)c(C)cc3o2)c1. The largest absolute Gasteiger partial charge is 0.495 e. The zero-order valence-electron chi connectivity index (χ0n) is 16.5. The molecule has 0 fully saturated rings. The highest BCUT2D eigenvalue weighted by molar-refractivity contribution is 9.11. The van der Waals surface area contributed by atoms with Gasteiger partial charge in [-0.05, 0) is 83.4 Å². The molecular weight excluding hydrogens is 512 g/mol. The first kappa shape index (κ1) is 20.6.